The number of anilines is 1. The summed E-state index contributed by atoms with van der Waals surface area (Å²) >= 11 is 0. The first kappa shape index (κ1) is 13.2. The molecule has 2 aromatic rings. The molecule has 0 saturated carbocycles. The van der Waals surface area contributed by atoms with E-state index in [1.807, 2.05) is 22.9 Å². The molecule has 0 fully saturated rings. The van der Waals surface area contributed by atoms with Crippen LogP contribution in [-0.2, 0) is 19.5 Å². The number of rotatable bonds is 5. The molecular formula is C15H18N4. The third-order valence-electron chi connectivity index (χ3n) is 3.04. The van der Waals surface area contributed by atoms with E-state index >= 15 is 0 Å². The Bertz CT molecular complexity index is 592. The van der Waals surface area contributed by atoms with Crippen molar-refractivity contribution < 1.29 is 0 Å². The van der Waals surface area contributed by atoms with Gasteiger partial charge in [-0.3, -0.25) is 4.68 Å². The maximum atomic E-state index is 8.87. The van der Waals surface area contributed by atoms with Crippen molar-refractivity contribution in [3.8, 4) is 6.07 Å². The van der Waals surface area contributed by atoms with Crippen LogP contribution in [0.3, 0.4) is 0 Å². The number of nitrogens with one attached hydrogen (secondary N) is 1. The molecule has 0 radical (unpaired) electrons. The van der Waals surface area contributed by atoms with Gasteiger partial charge in [-0.15, -0.1) is 0 Å². The molecule has 1 N–H and O–H groups in total. The summed E-state index contributed by atoms with van der Waals surface area (Å²) in [5.74, 6) is 0. The van der Waals surface area contributed by atoms with Gasteiger partial charge in [0.05, 0.1) is 29.6 Å². The highest BCUT2D eigenvalue weighted by Gasteiger charge is 2.05. The van der Waals surface area contributed by atoms with Gasteiger partial charge in [0, 0.05) is 12.2 Å². The minimum absolute atomic E-state index is 0.670. The molecule has 2 rings (SSSR count). The van der Waals surface area contributed by atoms with Gasteiger partial charge in [-0.25, -0.2) is 0 Å². The molecule has 0 amide bonds. The van der Waals surface area contributed by atoms with Crippen LogP contribution < -0.4 is 5.32 Å². The molecule has 1 heterocycles. The van der Waals surface area contributed by atoms with Crippen molar-refractivity contribution in [3.63, 3.8) is 0 Å². The minimum atomic E-state index is 0.670. The average molecular weight is 254 g/mol. The lowest BCUT2D eigenvalue weighted by Gasteiger charge is -2.08. The van der Waals surface area contributed by atoms with Crippen LogP contribution in [0.15, 0.2) is 30.3 Å². The molecule has 1 aromatic heterocycles. The summed E-state index contributed by atoms with van der Waals surface area (Å²) in [6.07, 6.45) is 0.948. The monoisotopic (exact) mass is 254 g/mol. The van der Waals surface area contributed by atoms with Gasteiger partial charge >= 0.3 is 0 Å². The molecule has 0 saturated heterocycles. The molecule has 0 spiro atoms. The second-order valence-corrected chi connectivity index (χ2v) is 4.34. The SMILES string of the molecule is CCc1cc(CNc2cccc(C#N)c2)n(CC)n1. The molecule has 0 atom stereocenters. The Hall–Kier alpha value is -2.28. The lowest BCUT2D eigenvalue weighted by atomic mass is 10.2. The summed E-state index contributed by atoms with van der Waals surface area (Å²) in [5, 5.41) is 16.7. The van der Waals surface area contributed by atoms with E-state index in [0.29, 0.717) is 5.56 Å². The Kier molecular flexibility index (Phi) is 4.19. The van der Waals surface area contributed by atoms with Crippen LogP contribution in [-0.4, -0.2) is 9.78 Å². The second-order valence-electron chi connectivity index (χ2n) is 4.34. The van der Waals surface area contributed by atoms with Gasteiger partial charge in [-0.2, -0.15) is 10.4 Å². The first-order chi connectivity index (χ1) is 9.26. The first-order valence-electron chi connectivity index (χ1n) is 6.56. The largest absolute Gasteiger partial charge is 0.379 e. The lowest BCUT2D eigenvalue weighted by Crippen LogP contribution is -2.07. The molecule has 0 unspecified atom stereocenters. The molecular weight excluding hydrogens is 236 g/mol. The summed E-state index contributed by atoms with van der Waals surface area (Å²) in [5.41, 5.74) is 3.91. The van der Waals surface area contributed by atoms with Crippen molar-refractivity contribution >= 4 is 5.69 Å². The van der Waals surface area contributed by atoms with Gasteiger partial charge in [0.2, 0.25) is 0 Å². The topological polar surface area (TPSA) is 53.6 Å². The van der Waals surface area contributed by atoms with Crippen molar-refractivity contribution in [2.45, 2.75) is 33.4 Å². The molecule has 4 nitrogen and oxygen atoms in total. The van der Waals surface area contributed by atoms with Crippen molar-refractivity contribution in [1.29, 1.82) is 5.26 Å². The van der Waals surface area contributed by atoms with E-state index < -0.39 is 0 Å². The highest BCUT2D eigenvalue weighted by atomic mass is 15.3. The van der Waals surface area contributed by atoms with Crippen LogP contribution in [0.5, 0.6) is 0 Å². The fourth-order valence-electron chi connectivity index (χ4n) is 2.00. The normalized spacial score (nSPS) is 10.2. The van der Waals surface area contributed by atoms with Crippen LogP contribution in [0.25, 0.3) is 0 Å². The predicted molar refractivity (Wildman–Crippen MR) is 75.8 cm³/mol. The maximum Gasteiger partial charge on any atom is 0.0992 e. The fraction of sp³-hybridized carbons (Fsp3) is 0.333. The zero-order chi connectivity index (χ0) is 13.7. The third kappa shape index (κ3) is 3.14. The molecule has 0 aliphatic heterocycles. The van der Waals surface area contributed by atoms with Crippen LogP contribution in [0.1, 0.15) is 30.8 Å². The molecule has 0 aliphatic carbocycles. The Morgan fingerprint density at radius 3 is 2.84 bits per heavy atom. The van der Waals surface area contributed by atoms with Gasteiger partial charge in [-0.1, -0.05) is 13.0 Å². The number of aryl methyl sites for hydroxylation is 2. The Balaban J connectivity index is 2.09. The summed E-state index contributed by atoms with van der Waals surface area (Å²) in [6.45, 7) is 5.78. The van der Waals surface area contributed by atoms with Crippen molar-refractivity contribution in [3.05, 3.63) is 47.3 Å². The summed E-state index contributed by atoms with van der Waals surface area (Å²) in [4.78, 5) is 0. The Morgan fingerprint density at radius 1 is 1.32 bits per heavy atom. The van der Waals surface area contributed by atoms with E-state index in [4.69, 9.17) is 5.26 Å². The predicted octanol–water partition coefficient (Wildman–Crippen LogP) is 2.95. The molecule has 0 bridgehead atoms. The van der Waals surface area contributed by atoms with Gasteiger partial charge in [0.1, 0.15) is 0 Å². The number of nitrogens with zero attached hydrogens (tertiary/aromatic N) is 3. The number of benzene rings is 1. The molecule has 0 aliphatic rings. The number of aromatic nitrogens is 2. The van der Waals surface area contributed by atoms with E-state index in [2.05, 4.69) is 36.4 Å². The maximum absolute atomic E-state index is 8.87. The van der Waals surface area contributed by atoms with Crippen molar-refractivity contribution in [1.82, 2.24) is 9.78 Å². The summed E-state index contributed by atoms with van der Waals surface area (Å²) < 4.78 is 2.01. The number of nitriles is 1. The highest BCUT2D eigenvalue weighted by Crippen LogP contribution is 2.12. The Morgan fingerprint density at radius 2 is 2.16 bits per heavy atom. The zero-order valence-corrected chi connectivity index (χ0v) is 11.3. The standard InChI is InChI=1S/C15H18N4/c1-3-13-9-15(19(4-2)18-13)11-17-14-7-5-6-12(8-14)10-16/h5-9,17H,3-4,11H2,1-2H3. The third-order valence-corrected chi connectivity index (χ3v) is 3.04. The Labute approximate surface area is 113 Å². The molecule has 4 heteroatoms. The first-order valence-corrected chi connectivity index (χ1v) is 6.56. The van der Waals surface area contributed by atoms with Gasteiger partial charge in [0.15, 0.2) is 0 Å². The second kappa shape index (κ2) is 6.05. The quantitative estimate of drug-likeness (QED) is 0.892. The molecule has 19 heavy (non-hydrogen) atoms. The van der Waals surface area contributed by atoms with Gasteiger partial charge in [-0.05, 0) is 37.6 Å². The van der Waals surface area contributed by atoms with Crippen LogP contribution >= 0.6 is 0 Å². The van der Waals surface area contributed by atoms with E-state index in [1.165, 1.54) is 5.69 Å². The lowest BCUT2D eigenvalue weighted by molar-refractivity contribution is 0.619. The van der Waals surface area contributed by atoms with Crippen molar-refractivity contribution in [2.75, 3.05) is 5.32 Å². The van der Waals surface area contributed by atoms with Gasteiger partial charge < -0.3 is 5.32 Å². The molecule has 98 valence electrons. The number of hydrogen-bond donors (Lipinski definition) is 1. The van der Waals surface area contributed by atoms with Crippen LogP contribution in [0.2, 0.25) is 0 Å². The smallest absolute Gasteiger partial charge is 0.0992 e. The fourth-order valence-corrected chi connectivity index (χ4v) is 2.00. The van der Waals surface area contributed by atoms with Crippen LogP contribution in [0, 0.1) is 11.3 Å². The highest BCUT2D eigenvalue weighted by molar-refractivity contribution is 5.49. The van der Waals surface area contributed by atoms with Gasteiger partial charge in [0.25, 0.3) is 0 Å². The van der Waals surface area contributed by atoms with E-state index in [-0.39, 0.29) is 0 Å². The van der Waals surface area contributed by atoms with Crippen LogP contribution in [0.4, 0.5) is 5.69 Å². The zero-order valence-electron chi connectivity index (χ0n) is 11.3. The average Bonchev–Trinajstić information content (AvgIpc) is 2.87. The summed E-state index contributed by atoms with van der Waals surface area (Å²) in [7, 11) is 0. The van der Waals surface area contributed by atoms with E-state index in [1.54, 1.807) is 6.07 Å². The molecule has 1 aromatic carbocycles. The van der Waals surface area contributed by atoms with E-state index in [9.17, 15) is 0 Å². The number of hydrogen-bond acceptors (Lipinski definition) is 3. The minimum Gasteiger partial charge on any atom is -0.379 e. The summed E-state index contributed by atoms with van der Waals surface area (Å²) in [6, 6.07) is 11.8. The van der Waals surface area contributed by atoms with E-state index in [0.717, 1.165) is 30.9 Å². The van der Waals surface area contributed by atoms with Crippen molar-refractivity contribution in [2.24, 2.45) is 0 Å².